The first-order chi connectivity index (χ1) is 14.2. The summed E-state index contributed by atoms with van der Waals surface area (Å²) in [7, 11) is 0. The normalized spacial score (nSPS) is 24.5. The summed E-state index contributed by atoms with van der Waals surface area (Å²) in [6.07, 6.45) is 6.58. The maximum atomic E-state index is 13.7. The molecule has 5 rings (SSSR count). The van der Waals surface area contributed by atoms with Crippen molar-refractivity contribution in [3.63, 3.8) is 0 Å². The Morgan fingerprint density at radius 1 is 1.07 bits per heavy atom. The second-order valence-corrected chi connectivity index (χ2v) is 8.12. The number of benzene rings is 1. The van der Waals surface area contributed by atoms with Gasteiger partial charge >= 0.3 is 0 Å². The van der Waals surface area contributed by atoms with E-state index in [0.717, 1.165) is 29.7 Å². The van der Waals surface area contributed by atoms with Gasteiger partial charge in [0.2, 0.25) is 11.8 Å². The fourth-order valence-corrected chi connectivity index (χ4v) is 4.66. The van der Waals surface area contributed by atoms with Gasteiger partial charge in [-0.3, -0.25) is 14.6 Å². The van der Waals surface area contributed by atoms with E-state index >= 15 is 0 Å². The number of hydrogen-bond acceptors (Lipinski definition) is 4. The minimum Gasteiger partial charge on any atom is -0.491 e. The lowest BCUT2D eigenvalue weighted by Crippen LogP contribution is -2.50. The van der Waals surface area contributed by atoms with Gasteiger partial charge in [0.1, 0.15) is 12.4 Å². The van der Waals surface area contributed by atoms with Gasteiger partial charge < -0.3 is 14.5 Å². The molecule has 1 aromatic carbocycles. The minimum absolute atomic E-state index is 0.116. The van der Waals surface area contributed by atoms with Crippen molar-refractivity contribution in [3.8, 4) is 5.75 Å². The highest BCUT2D eigenvalue weighted by molar-refractivity contribution is 5.85. The van der Waals surface area contributed by atoms with Crippen LogP contribution in [0.3, 0.4) is 0 Å². The predicted molar refractivity (Wildman–Crippen MR) is 107 cm³/mol. The van der Waals surface area contributed by atoms with Crippen molar-refractivity contribution in [1.82, 2.24) is 14.8 Å². The Morgan fingerprint density at radius 3 is 2.66 bits per heavy atom. The van der Waals surface area contributed by atoms with Crippen molar-refractivity contribution >= 4 is 11.8 Å². The molecule has 3 aliphatic rings. The molecule has 2 aliphatic heterocycles. The third-order valence-corrected chi connectivity index (χ3v) is 6.21. The molecule has 150 valence electrons. The van der Waals surface area contributed by atoms with Crippen molar-refractivity contribution < 1.29 is 14.3 Å². The van der Waals surface area contributed by atoms with Crippen LogP contribution in [-0.4, -0.2) is 45.8 Å². The highest BCUT2D eigenvalue weighted by Gasteiger charge is 2.47. The summed E-state index contributed by atoms with van der Waals surface area (Å²) in [5.74, 6) is 0.904. The molecule has 0 N–H and O–H groups in total. The molecule has 0 bridgehead atoms. The number of piperidine rings is 1. The number of likely N-dealkylation sites (tertiary alicyclic amines) is 1. The molecule has 1 aliphatic carbocycles. The summed E-state index contributed by atoms with van der Waals surface area (Å²) in [4.78, 5) is 34.5. The van der Waals surface area contributed by atoms with E-state index in [2.05, 4.69) is 4.98 Å². The Hall–Kier alpha value is -2.89. The zero-order valence-electron chi connectivity index (χ0n) is 16.4. The van der Waals surface area contributed by atoms with Crippen molar-refractivity contribution in [3.05, 3.63) is 59.9 Å². The second kappa shape index (κ2) is 7.50. The molecule has 6 heteroatoms. The number of fused-ring (bicyclic) bond motifs is 1. The number of para-hydroxylation sites is 1. The quantitative estimate of drug-likeness (QED) is 0.807. The maximum Gasteiger partial charge on any atom is 0.228 e. The number of amides is 2. The van der Waals surface area contributed by atoms with Gasteiger partial charge in [-0.05, 0) is 43.0 Å². The molecule has 29 heavy (non-hydrogen) atoms. The monoisotopic (exact) mass is 391 g/mol. The average Bonchev–Trinajstić information content (AvgIpc) is 3.60. The molecule has 0 unspecified atom stereocenters. The summed E-state index contributed by atoms with van der Waals surface area (Å²) in [6.45, 7) is 1.59. The van der Waals surface area contributed by atoms with Gasteiger partial charge in [-0.15, -0.1) is 0 Å². The van der Waals surface area contributed by atoms with Gasteiger partial charge in [0, 0.05) is 37.0 Å². The van der Waals surface area contributed by atoms with Crippen molar-refractivity contribution in [1.29, 1.82) is 0 Å². The number of carbonyl (C=O) groups excluding carboxylic acids is 2. The smallest absolute Gasteiger partial charge is 0.228 e. The summed E-state index contributed by atoms with van der Waals surface area (Å²) in [5, 5.41) is 0. The van der Waals surface area contributed by atoms with Crippen LogP contribution in [0, 0.1) is 5.92 Å². The van der Waals surface area contributed by atoms with Crippen LogP contribution in [0.5, 0.6) is 5.75 Å². The fourth-order valence-electron chi connectivity index (χ4n) is 4.66. The van der Waals surface area contributed by atoms with Crippen molar-refractivity contribution in [2.45, 2.75) is 44.3 Å². The molecule has 1 aromatic heterocycles. The van der Waals surface area contributed by atoms with Crippen LogP contribution in [0.2, 0.25) is 0 Å². The van der Waals surface area contributed by atoms with E-state index in [9.17, 15) is 9.59 Å². The Kier molecular flexibility index (Phi) is 4.70. The summed E-state index contributed by atoms with van der Waals surface area (Å²) in [5.41, 5.74) is 2.04. The van der Waals surface area contributed by atoms with Crippen LogP contribution in [0.4, 0.5) is 0 Å². The van der Waals surface area contributed by atoms with Gasteiger partial charge in [-0.25, -0.2) is 0 Å². The van der Waals surface area contributed by atoms with Crippen LogP contribution in [0.25, 0.3) is 0 Å². The lowest BCUT2D eigenvalue weighted by atomic mass is 9.83. The van der Waals surface area contributed by atoms with Crippen LogP contribution in [0.15, 0.2) is 48.8 Å². The molecule has 1 saturated carbocycles. The zero-order valence-corrected chi connectivity index (χ0v) is 16.4. The summed E-state index contributed by atoms with van der Waals surface area (Å²) < 4.78 is 5.85. The molecule has 6 nitrogen and oxygen atoms in total. The average molecular weight is 391 g/mol. The number of hydrogen-bond donors (Lipinski definition) is 0. The number of nitrogens with zero attached hydrogens (tertiary/aromatic N) is 3. The first-order valence-electron chi connectivity index (χ1n) is 10.4. The third kappa shape index (κ3) is 3.48. The largest absolute Gasteiger partial charge is 0.491 e. The van der Waals surface area contributed by atoms with E-state index in [-0.39, 0.29) is 29.8 Å². The lowest BCUT2D eigenvalue weighted by Gasteiger charge is -2.42. The lowest BCUT2D eigenvalue weighted by molar-refractivity contribution is -0.149. The van der Waals surface area contributed by atoms with E-state index in [0.29, 0.717) is 32.5 Å². The highest BCUT2D eigenvalue weighted by atomic mass is 16.5. The second-order valence-electron chi connectivity index (χ2n) is 8.12. The number of pyridine rings is 1. The number of rotatable bonds is 3. The van der Waals surface area contributed by atoms with Crippen molar-refractivity contribution in [2.75, 3.05) is 13.2 Å². The first kappa shape index (κ1) is 18.2. The van der Waals surface area contributed by atoms with Crippen LogP contribution >= 0.6 is 0 Å². The minimum atomic E-state index is -0.235. The van der Waals surface area contributed by atoms with Gasteiger partial charge in [0.15, 0.2) is 0 Å². The third-order valence-electron chi connectivity index (χ3n) is 6.21. The molecule has 0 spiro atoms. The van der Waals surface area contributed by atoms with E-state index < -0.39 is 0 Å². The van der Waals surface area contributed by atoms with Crippen molar-refractivity contribution in [2.24, 2.45) is 5.92 Å². The van der Waals surface area contributed by atoms with E-state index in [1.807, 2.05) is 46.2 Å². The zero-order chi connectivity index (χ0) is 19.8. The van der Waals surface area contributed by atoms with Crippen LogP contribution in [-0.2, 0) is 16.1 Å². The first-order valence-corrected chi connectivity index (χ1v) is 10.4. The molecular weight excluding hydrogens is 366 g/mol. The van der Waals surface area contributed by atoms with Gasteiger partial charge in [0.05, 0.1) is 18.5 Å². The number of carbonyl (C=O) groups is 2. The SMILES string of the molecule is O=C([C@H]1CCC(=O)N(C2CC2)[C@@H]1c1ccncc1)N1CCOc2ccccc2C1. The number of ether oxygens (including phenoxy) is 1. The van der Waals surface area contributed by atoms with Gasteiger partial charge in [0.25, 0.3) is 0 Å². The highest BCUT2D eigenvalue weighted by Crippen LogP contribution is 2.44. The predicted octanol–water partition coefficient (Wildman–Crippen LogP) is 2.94. The summed E-state index contributed by atoms with van der Waals surface area (Å²) >= 11 is 0. The number of aromatic nitrogens is 1. The van der Waals surface area contributed by atoms with Gasteiger partial charge in [-0.1, -0.05) is 18.2 Å². The Morgan fingerprint density at radius 2 is 1.86 bits per heavy atom. The maximum absolute atomic E-state index is 13.7. The van der Waals surface area contributed by atoms with E-state index in [1.54, 1.807) is 12.4 Å². The Bertz CT molecular complexity index is 913. The molecular formula is C23H25N3O3. The Balaban J connectivity index is 1.46. The molecule has 2 atom stereocenters. The fraction of sp³-hybridized carbons (Fsp3) is 0.435. The molecule has 2 fully saturated rings. The molecule has 3 heterocycles. The topological polar surface area (TPSA) is 62.7 Å². The molecule has 2 amide bonds. The van der Waals surface area contributed by atoms with Crippen LogP contribution < -0.4 is 4.74 Å². The Labute approximate surface area is 170 Å². The standard InChI is InChI=1S/C23H25N3O3/c27-21-8-7-19(22(26(21)18-5-6-18)16-9-11-24-12-10-16)23(28)25-13-14-29-20-4-2-1-3-17(20)15-25/h1-4,9-12,18-19,22H,5-8,13-15H2/t19-,22+/m0/s1. The molecule has 2 aromatic rings. The van der Waals surface area contributed by atoms with E-state index in [1.165, 1.54) is 0 Å². The van der Waals surface area contributed by atoms with Gasteiger partial charge in [-0.2, -0.15) is 0 Å². The van der Waals surface area contributed by atoms with E-state index in [4.69, 9.17) is 4.74 Å². The molecule has 0 radical (unpaired) electrons. The van der Waals surface area contributed by atoms with Crippen LogP contribution in [0.1, 0.15) is 42.9 Å². The molecule has 1 saturated heterocycles. The summed E-state index contributed by atoms with van der Waals surface area (Å²) in [6, 6.07) is 11.8.